The fourth-order valence-electron chi connectivity index (χ4n) is 7.87. The van der Waals surface area contributed by atoms with Gasteiger partial charge in [0.2, 0.25) is 0 Å². The maximum absolute atomic E-state index is 12.8. The Kier molecular flexibility index (Phi) is 52.8. The van der Waals surface area contributed by atoms with Gasteiger partial charge in [-0.25, -0.2) is 0 Å². The summed E-state index contributed by atoms with van der Waals surface area (Å²) in [4.78, 5) is 38.1. The van der Waals surface area contributed by atoms with Crippen LogP contribution in [0.2, 0.25) is 0 Å². The summed E-state index contributed by atoms with van der Waals surface area (Å²) >= 11 is 0. The molecule has 0 aromatic rings. The van der Waals surface area contributed by atoms with Crippen molar-refractivity contribution in [2.45, 2.75) is 284 Å². The predicted octanol–water partition coefficient (Wildman–Crippen LogP) is 19.0. The predicted molar refractivity (Wildman–Crippen MR) is 288 cm³/mol. The van der Waals surface area contributed by atoms with Gasteiger partial charge in [-0.15, -0.1) is 0 Å². The number of hydrogen-bond donors (Lipinski definition) is 0. The van der Waals surface area contributed by atoms with Crippen LogP contribution in [0.25, 0.3) is 0 Å². The van der Waals surface area contributed by atoms with Crippen LogP contribution in [-0.2, 0) is 28.6 Å². The summed E-state index contributed by atoms with van der Waals surface area (Å²) < 4.78 is 16.8. The van der Waals surface area contributed by atoms with Crippen LogP contribution in [-0.4, -0.2) is 37.2 Å². The molecule has 0 amide bonds. The highest BCUT2D eigenvalue weighted by molar-refractivity contribution is 5.71. The van der Waals surface area contributed by atoms with Crippen LogP contribution in [0, 0.1) is 0 Å². The van der Waals surface area contributed by atoms with E-state index in [1.54, 1.807) is 0 Å². The Morgan fingerprint density at radius 3 is 0.866 bits per heavy atom. The zero-order chi connectivity index (χ0) is 48.6. The molecule has 0 spiro atoms. The van der Waals surface area contributed by atoms with Crippen molar-refractivity contribution in [3.05, 3.63) is 72.9 Å². The summed E-state index contributed by atoms with van der Waals surface area (Å²) in [6.07, 6.45) is 70.2. The van der Waals surface area contributed by atoms with Gasteiger partial charge in [-0.1, -0.05) is 235 Å². The number of carbonyl (C=O) groups is 3. The average molecular weight is 936 g/mol. The third kappa shape index (κ3) is 53.7. The van der Waals surface area contributed by atoms with Gasteiger partial charge in [0.15, 0.2) is 6.10 Å². The molecule has 0 aliphatic heterocycles. The molecule has 0 heterocycles. The lowest BCUT2D eigenvalue weighted by atomic mass is 10.0. The molecule has 0 radical (unpaired) electrons. The number of rotatable bonds is 51. The molecule has 6 nitrogen and oxygen atoms in total. The molecule has 0 fully saturated rings. The van der Waals surface area contributed by atoms with E-state index in [-0.39, 0.29) is 31.1 Å². The highest BCUT2D eigenvalue weighted by Crippen LogP contribution is 2.15. The lowest BCUT2D eigenvalue weighted by molar-refractivity contribution is -0.167. The SMILES string of the molecule is CCCCC/C=C\C/C=C\C/C=C\CCCCCCC(=O)OC[C@H](COC(=O)CCCCCCCCCCCCCCCCC)OC(=O)CCCCCC/C=C\C/C=C\C/C=C\CCCCC. The molecule has 0 aliphatic rings. The fourth-order valence-corrected chi connectivity index (χ4v) is 7.87. The van der Waals surface area contributed by atoms with Crippen molar-refractivity contribution >= 4 is 17.9 Å². The second-order valence-corrected chi connectivity index (χ2v) is 18.8. The van der Waals surface area contributed by atoms with Gasteiger partial charge in [0.05, 0.1) is 0 Å². The molecular formula is C61H106O6. The van der Waals surface area contributed by atoms with Gasteiger partial charge in [-0.2, -0.15) is 0 Å². The Balaban J connectivity index is 4.46. The molecule has 0 bridgehead atoms. The summed E-state index contributed by atoms with van der Waals surface area (Å²) in [5.74, 6) is -0.926. The minimum absolute atomic E-state index is 0.0899. The maximum Gasteiger partial charge on any atom is 0.306 e. The molecule has 0 aromatic carbocycles. The van der Waals surface area contributed by atoms with Crippen molar-refractivity contribution in [1.29, 1.82) is 0 Å². The van der Waals surface area contributed by atoms with Gasteiger partial charge in [0, 0.05) is 19.3 Å². The van der Waals surface area contributed by atoms with Gasteiger partial charge in [0.25, 0.3) is 0 Å². The lowest BCUT2D eigenvalue weighted by Gasteiger charge is -2.18. The van der Waals surface area contributed by atoms with Crippen LogP contribution in [0.4, 0.5) is 0 Å². The van der Waals surface area contributed by atoms with E-state index in [1.165, 1.54) is 128 Å². The summed E-state index contributed by atoms with van der Waals surface area (Å²) in [5.41, 5.74) is 0. The van der Waals surface area contributed by atoms with Crippen LogP contribution in [0.15, 0.2) is 72.9 Å². The topological polar surface area (TPSA) is 78.9 Å². The van der Waals surface area contributed by atoms with E-state index >= 15 is 0 Å². The maximum atomic E-state index is 12.8. The fraction of sp³-hybridized carbons (Fsp3) is 0.754. The third-order valence-corrected chi connectivity index (χ3v) is 12.2. The van der Waals surface area contributed by atoms with Crippen LogP contribution in [0.5, 0.6) is 0 Å². The molecule has 0 saturated carbocycles. The average Bonchev–Trinajstić information content (AvgIpc) is 3.33. The molecule has 0 rings (SSSR count). The molecule has 0 aliphatic carbocycles. The van der Waals surface area contributed by atoms with E-state index in [1.807, 2.05) is 0 Å². The molecule has 1 atom stereocenters. The van der Waals surface area contributed by atoms with Crippen LogP contribution in [0.1, 0.15) is 278 Å². The van der Waals surface area contributed by atoms with E-state index < -0.39 is 6.10 Å². The molecule has 67 heavy (non-hydrogen) atoms. The zero-order valence-corrected chi connectivity index (χ0v) is 44.2. The number of unbranched alkanes of at least 4 members (excludes halogenated alkanes) is 28. The molecule has 0 saturated heterocycles. The quantitative estimate of drug-likeness (QED) is 0.0262. The number of allylic oxidation sites excluding steroid dienone is 12. The van der Waals surface area contributed by atoms with E-state index in [0.29, 0.717) is 19.3 Å². The Morgan fingerprint density at radius 1 is 0.299 bits per heavy atom. The molecule has 0 N–H and O–H groups in total. The second-order valence-electron chi connectivity index (χ2n) is 18.8. The number of carbonyl (C=O) groups excluding carboxylic acids is 3. The van der Waals surface area contributed by atoms with Crippen LogP contribution >= 0.6 is 0 Å². The summed E-state index contributed by atoms with van der Waals surface area (Å²) in [7, 11) is 0. The normalized spacial score (nSPS) is 12.6. The summed E-state index contributed by atoms with van der Waals surface area (Å²) in [6, 6.07) is 0. The number of hydrogen-bond acceptors (Lipinski definition) is 6. The Hall–Kier alpha value is -3.15. The van der Waals surface area contributed by atoms with Crippen molar-refractivity contribution in [3.8, 4) is 0 Å². The molecule has 386 valence electrons. The molecule has 0 aromatic heterocycles. The smallest absolute Gasteiger partial charge is 0.306 e. The first-order valence-corrected chi connectivity index (χ1v) is 28.4. The van der Waals surface area contributed by atoms with Gasteiger partial charge < -0.3 is 14.2 Å². The van der Waals surface area contributed by atoms with E-state index in [2.05, 4.69) is 93.7 Å². The largest absolute Gasteiger partial charge is 0.462 e. The van der Waals surface area contributed by atoms with E-state index in [0.717, 1.165) is 109 Å². The van der Waals surface area contributed by atoms with Crippen molar-refractivity contribution in [3.63, 3.8) is 0 Å². The van der Waals surface area contributed by atoms with Gasteiger partial charge in [-0.3, -0.25) is 14.4 Å². The molecule has 6 heteroatoms. The molecule has 0 unspecified atom stereocenters. The van der Waals surface area contributed by atoms with E-state index in [9.17, 15) is 14.4 Å². The first-order chi connectivity index (χ1) is 33.0. The van der Waals surface area contributed by atoms with Gasteiger partial charge in [-0.05, 0) is 96.3 Å². The van der Waals surface area contributed by atoms with Crippen molar-refractivity contribution in [2.75, 3.05) is 13.2 Å². The second kappa shape index (κ2) is 55.4. The highest BCUT2D eigenvalue weighted by atomic mass is 16.6. The van der Waals surface area contributed by atoms with Gasteiger partial charge in [0.1, 0.15) is 13.2 Å². The van der Waals surface area contributed by atoms with Crippen LogP contribution in [0.3, 0.4) is 0 Å². The van der Waals surface area contributed by atoms with Gasteiger partial charge >= 0.3 is 17.9 Å². The standard InChI is InChI=1S/C61H106O6/c1-4-7-10-13-16-19-22-25-28-30-33-36-39-42-45-48-51-54-60(63)66-57-58(56-65-59(62)53-50-47-44-41-38-35-32-27-24-21-18-15-12-9-6-3)67-61(64)55-52-49-46-43-40-37-34-31-29-26-23-20-17-14-11-8-5-2/h16-17,19-20,25-26,28-29,33-34,36-37,58H,4-15,18,21-24,27,30-32,35,38-57H2,1-3H3/b19-16-,20-17-,28-25-,29-26-,36-33-,37-34-/t58-/m0/s1. The zero-order valence-electron chi connectivity index (χ0n) is 44.2. The Labute approximate surface area is 414 Å². The minimum atomic E-state index is -0.795. The molecular weight excluding hydrogens is 829 g/mol. The minimum Gasteiger partial charge on any atom is -0.462 e. The van der Waals surface area contributed by atoms with Crippen molar-refractivity contribution < 1.29 is 28.6 Å². The summed E-state index contributed by atoms with van der Waals surface area (Å²) in [5, 5.41) is 0. The van der Waals surface area contributed by atoms with Crippen molar-refractivity contribution in [2.24, 2.45) is 0 Å². The van der Waals surface area contributed by atoms with E-state index in [4.69, 9.17) is 14.2 Å². The van der Waals surface area contributed by atoms with Crippen molar-refractivity contribution in [1.82, 2.24) is 0 Å². The summed E-state index contributed by atoms with van der Waals surface area (Å²) in [6.45, 7) is 6.57. The third-order valence-electron chi connectivity index (χ3n) is 12.2. The Bertz CT molecular complexity index is 1260. The Morgan fingerprint density at radius 2 is 0.537 bits per heavy atom. The first kappa shape index (κ1) is 63.8. The number of ether oxygens (including phenoxy) is 3. The lowest BCUT2D eigenvalue weighted by Crippen LogP contribution is -2.30. The number of esters is 3. The highest BCUT2D eigenvalue weighted by Gasteiger charge is 2.19. The van der Waals surface area contributed by atoms with Crippen LogP contribution < -0.4 is 0 Å². The first-order valence-electron chi connectivity index (χ1n) is 28.4. The monoisotopic (exact) mass is 935 g/mol.